The molecule has 168 valence electrons. The van der Waals surface area contributed by atoms with Crippen molar-refractivity contribution in [3.8, 4) is 0 Å². The van der Waals surface area contributed by atoms with E-state index >= 15 is 0 Å². The quantitative estimate of drug-likeness (QED) is 0.427. The number of fused-ring (bicyclic) bond motifs is 2. The van der Waals surface area contributed by atoms with Crippen LogP contribution < -0.4 is 4.72 Å². The first-order valence-electron chi connectivity index (χ1n) is 9.57. The SMILES string of the molecule is CN(CCNS(=O)(=O)c1cccc2ccccc12)S(=O)(=O)c1cccc2cnccc12.Cl. The topological polar surface area (TPSA) is 96.4 Å². The Labute approximate surface area is 193 Å². The number of aromatic nitrogens is 1. The Morgan fingerprint density at radius 1 is 0.812 bits per heavy atom. The fourth-order valence-corrected chi connectivity index (χ4v) is 6.08. The molecule has 0 saturated heterocycles. The molecule has 4 rings (SSSR count). The van der Waals surface area contributed by atoms with Crippen molar-refractivity contribution in [1.82, 2.24) is 14.0 Å². The van der Waals surface area contributed by atoms with Crippen LogP contribution >= 0.6 is 12.4 Å². The third-order valence-electron chi connectivity index (χ3n) is 5.09. The predicted octanol–water partition coefficient (Wildman–Crippen LogP) is 3.41. The molecule has 3 aromatic carbocycles. The van der Waals surface area contributed by atoms with Crippen LogP contribution in [0.25, 0.3) is 21.5 Å². The second kappa shape index (κ2) is 9.51. The summed E-state index contributed by atoms with van der Waals surface area (Å²) in [6, 6.07) is 18.9. The minimum absolute atomic E-state index is 0. The molecule has 0 radical (unpaired) electrons. The van der Waals surface area contributed by atoms with Gasteiger partial charge in [0.05, 0.1) is 9.79 Å². The number of halogens is 1. The third-order valence-corrected chi connectivity index (χ3v) is 8.52. The van der Waals surface area contributed by atoms with Gasteiger partial charge >= 0.3 is 0 Å². The number of hydrogen-bond acceptors (Lipinski definition) is 5. The van der Waals surface area contributed by atoms with Gasteiger partial charge in [-0.25, -0.2) is 21.6 Å². The summed E-state index contributed by atoms with van der Waals surface area (Å²) in [5.74, 6) is 0. The molecule has 0 aliphatic heterocycles. The van der Waals surface area contributed by atoms with Crippen molar-refractivity contribution in [3.63, 3.8) is 0 Å². The highest BCUT2D eigenvalue weighted by Gasteiger charge is 2.24. The zero-order chi connectivity index (χ0) is 22.1. The Hall–Kier alpha value is -2.56. The van der Waals surface area contributed by atoms with Gasteiger partial charge in [-0.2, -0.15) is 4.31 Å². The number of benzene rings is 3. The molecule has 4 aromatic rings. The maximum absolute atomic E-state index is 13.1. The molecule has 0 saturated carbocycles. The lowest BCUT2D eigenvalue weighted by Gasteiger charge is -2.19. The number of pyridine rings is 1. The van der Waals surface area contributed by atoms with Gasteiger partial charge in [0.25, 0.3) is 0 Å². The zero-order valence-corrected chi connectivity index (χ0v) is 19.6. The lowest BCUT2D eigenvalue weighted by Crippen LogP contribution is -2.36. The molecular weight excluding hydrogens is 470 g/mol. The first-order chi connectivity index (χ1) is 14.8. The van der Waals surface area contributed by atoms with Gasteiger partial charge in [0, 0.05) is 48.7 Å². The largest absolute Gasteiger partial charge is 0.264 e. The number of nitrogens with zero attached hydrogens (tertiary/aromatic N) is 2. The van der Waals surface area contributed by atoms with Gasteiger partial charge in [-0.1, -0.05) is 48.5 Å². The fourth-order valence-electron chi connectivity index (χ4n) is 3.45. The molecule has 0 fully saturated rings. The lowest BCUT2D eigenvalue weighted by molar-refractivity contribution is 0.469. The van der Waals surface area contributed by atoms with Crippen molar-refractivity contribution in [1.29, 1.82) is 0 Å². The van der Waals surface area contributed by atoms with Crippen molar-refractivity contribution < 1.29 is 16.8 Å². The fraction of sp³-hybridized carbons (Fsp3) is 0.136. The Morgan fingerprint density at radius 2 is 1.44 bits per heavy atom. The number of hydrogen-bond donors (Lipinski definition) is 1. The predicted molar refractivity (Wildman–Crippen MR) is 128 cm³/mol. The van der Waals surface area contributed by atoms with Crippen LogP contribution in [0.3, 0.4) is 0 Å². The average molecular weight is 492 g/mol. The lowest BCUT2D eigenvalue weighted by atomic mass is 10.1. The molecule has 0 spiro atoms. The number of nitrogens with one attached hydrogen (secondary N) is 1. The number of rotatable bonds is 7. The summed E-state index contributed by atoms with van der Waals surface area (Å²) in [5, 5.41) is 2.72. The van der Waals surface area contributed by atoms with Crippen molar-refractivity contribution in [3.05, 3.63) is 79.1 Å². The van der Waals surface area contributed by atoms with Gasteiger partial charge in [-0.15, -0.1) is 12.4 Å². The second-order valence-electron chi connectivity index (χ2n) is 7.05. The van der Waals surface area contributed by atoms with Gasteiger partial charge in [-0.3, -0.25) is 4.98 Å². The van der Waals surface area contributed by atoms with Crippen molar-refractivity contribution in [2.45, 2.75) is 9.79 Å². The van der Waals surface area contributed by atoms with Crippen LogP contribution in [0.15, 0.2) is 88.9 Å². The van der Waals surface area contributed by atoms with E-state index in [1.807, 2.05) is 18.2 Å². The second-order valence-corrected chi connectivity index (χ2v) is 10.8. The average Bonchev–Trinajstić information content (AvgIpc) is 2.78. The normalized spacial score (nSPS) is 12.2. The number of sulfonamides is 2. The van der Waals surface area contributed by atoms with E-state index in [0.717, 1.165) is 9.69 Å². The van der Waals surface area contributed by atoms with Crippen molar-refractivity contribution in [2.75, 3.05) is 20.1 Å². The summed E-state index contributed by atoms with van der Waals surface area (Å²) in [4.78, 5) is 4.35. The Bertz CT molecular complexity index is 1460. The van der Waals surface area contributed by atoms with Gasteiger partial charge < -0.3 is 0 Å². The first-order valence-corrected chi connectivity index (χ1v) is 12.5. The van der Waals surface area contributed by atoms with E-state index in [1.165, 1.54) is 19.2 Å². The molecule has 1 N–H and O–H groups in total. The van der Waals surface area contributed by atoms with Crippen LogP contribution in [0.2, 0.25) is 0 Å². The molecule has 32 heavy (non-hydrogen) atoms. The van der Waals surface area contributed by atoms with Gasteiger partial charge in [-0.05, 0) is 23.6 Å². The van der Waals surface area contributed by atoms with Crippen LogP contribution in [0.5, 0.6) is 0 Å². The first kappa shape index (κ1) is 24.1. The molecule has 0 unspecified atom stereocenters. The molecule has 10 heteroatoms. The van der Waals surface area contributed by atoms with Crippen LogP contribution in [0.1, 0.15) is 0 Å². The molecule has 1 heterocycles. The molecule has 0 bridgehead atoms. The van der Waals surface area contributed by atoms with E-state index in [-0.39, 0.29) is 35.3 Å². The van der Waals surface area contributed by atoms with Gasteiger partial charge in [0.15, 0.2) is 0 Å². The minimum Gasteiger partial charge on any atom is -0.264 e. The molecule has 1 aromatic heterocycles. The maximum atomic E-state index is 13.1. The molecule has 0 atom stereocenters. The standard InChI is InChI=1S/C22H21N3O4S2.ClH/c1-25(31(28,29)22-11-5-8-18-16-23-13-12-20(18)22)15-14-24-30(26,27)21-10-4-7-17-6-2-3-9-19(17)21;/h2-13,16,24H,14-15H2,1H3;1H. The molecule has 0 aliphatic carbocycles. The van der Waals surface area contributed by atoms with E-state index in [9.17, 15) is 16.8 Å². The van der Waals surface area contributed by atoms with Crippen LogP contribution in [0, 0.1) is 0 Å². The Balaban J connectivity index is 0.00000289. The van der Waals surface area contributed by atoms with Crippen LogP contribution in [0.4, 0.5) is 0 Å². The Kier molecular flexibility index (Phi) is 7.16. The van der Waals surface area contributed by atoms with Crippen LogP contribution in [-0.2, 0) is 20.0 Å². The summed E-state index contributed by atoms with van der Waals surface area (Å²) in [7, 11) is -6.19. The summed E-state index contributed by atoms with van der Waals surface area (Å²) in [5.41, 5.74) is 0. The summed E-state index contributed by atoms with van der Waals surface area (Å²) < 4.78 is 55.5. The summed E-state index contributed by atoms with van der Waals surface area (Å²) >= 11 is 0. The maximum Gasteiger partial charge on any atom is 0.243 e. The molecular formula is C22H22ClN3O4S2. The highest BCUT2D eigenvalue weighted by atomic mass is 35.5. The minimum atomic E-state index is -3.81. The Morgan fingerprint density at radius 3 is 2.22 bits per heavy atom. The van der Waals surface area contributed by atoms with Crippen molar-refractivity contribution >= 4 is 54.0 Å². The smallest absolute Gasteiger partial charge is 0.243 e. The van der Waals surface area contributed by atoms with Crippen LogP contribution in [-0.4, -0.2) is 46.3 Å². The van der Waals surface area contributed by atoms with E-state index < -0.39 is 20.0 Å². The third kappa shape index (κ3) is 4.62. The van der Waals surface area contributed by atoms with E-state index in [0.29, 0.717) is 16.2 Å². The molecule has 0 amide bonds. The van der Waals surface area contributed by atoms with Crippen molar-refractivity contribution in [2.24, 2.45) is 0 Å². The van der Waals surface area contributed by atoms with Gasteiger partial charge in [0.2, 0.25) is 20.0 Å². The highest BCUT2D eigenvalue weighted by Crippen LogP contribution is 2.25. The number of likely N-dealkylation sites (N-methyl/N-ethyl adjacent to an activating group) is 1. The highest BCUT2D eigenvalue weighted by molar-refractivity contribution is 7.90. The van der Waals surface area contributed by atoms with E-state index in [2.05, 4.69) is 9.71 Å². The molecule has 0 aliphatic rings. The van der Waals surface area contributed by atoms with E-state index in [4.69, 9.17) is 0 Å². The summed E-state index contributed by atoms with van der Waals surface area (Å²) in [6.07, 6.45) is 3.15. The van der Waals surface area contributed by atoms with E-state index in [1.54, 1.807) is 48.8 Å². The monoisotopic (exact) mass is 491 g/mol. The molecule has 7 nitrogen and oxygen atoms in total. The summed E-state index contributed by atoms with van der Waals surface area (Å²) in [6.45, 7) is -0.0819. The van der Waals surface area contributed by atoms with Gasteiger partial charge in [0.1, 0.15) is 0 Å². The zero-order valence-electron chi connectivity index (χ0n) is 17.2.